The second-order valence-corrected chi connectivity index (χ2v) is 5.21. The maximum absolute atomic E-state index is 10.6. The van der Waals surface area contributed by atoms with Crippen LogP contribution in [0, 0.1) is 10.1 Å². The fraction of sp³-hybridized carbons (Fsp3) is 0.214. The summed E-state index contributed by atoms with van der Waals surface area (Å²) in [7, 11) is 0. The number of pyridine rings is 1. The lowest BCUT2D eigenvalue weighted by Crippen LogP contribution is -2.20. The van der Waals surface area contributed by atoms with Crippen LogP contribution in [0.1, 0.15) is 11.1 Å². The first-order valence-electron chi connectivity index (χ1n) is 6.27. The van der Waals surface area contributed by atoms with Crippen molar-refractivity contribution < 1.29 is 4.92 Å². The average Bonchev–Trinajstić information content (AvgIpc) is 2.83. The number of halogens is 1. The van der Waals surface area contributed by atoms with Crippen molar-refractivity contribution in [1.82, 2.24) is 4.98 Å². The third-order valence-corrected chi connectivity index (χ3v) is 3.72. The predicted molar refractivity (Wildman–Crippen MR) is 77.2 cm³/mol. The number of aromatic nitrogens is 1. The second-order valence-electron chi connectivity index (χ2n) is 4.80. The van der Waals surface area contributed by atoms with Crippen molar-refractivity contribution >= 4 is 23.1 Å². The monoisotopic (exact) mass is 289 g/mol. The molecule has 0 aliphatic heterocycles. The Morgan fingerprint density at radius 3 is 2.50 bits per heavy atom. The van der Waals surface area contributed by atoms with Crippen molar-refractivity contribution in [1.29, 1.82) is 0 Å². The molecule has 1 aromatic carbocycles. The molecule has 5 nitrogen and oxygen atoms in total. The molecule has 0 bridgehead atoms. The van der Waals surface area contributed by atoms with Gasteiger partial charge in [0.15, 0.2) is 0 Å². The van der Waals surface area contributed by atoms with Crippen LogP contribution in [-0.4, -0.2) is 15.9 Å². The molecular formula is C14H12ClN3O2. The van der Waals surface area contributed by atoms with Gasteiger partial charge in [-0.2, -0.15) is 0 Å². The molecule has 1 aromatic heterocycles. The number of nitro groups is 1. The van der Waals surface area contributed by atoms with Crippen LogP contribution in [0.3, 0.4) is 0 Å². The molecule has 20 heavy (non-hydrogen) atoms. The molecule has 1 heterocycles. The molecule has 1 N–H and O–H groups in total. The first-order valence-corrected chi connectivity index (χ1v) is 6.64. The lowest BCUT2D eigenvalue weighted by molar-refractivity contribution is -0.385. The van der Waals surface area contributed by atoms with Gasteiger partial charge in [0.05, 0.1) is 9.95 Å². The normalized spacial score (nSPS) is 14.1. The van der Waals surface area contributed by atoms with Crippen LogP contribution in [0.15, 0.2) is 36.5 Å². The lowest BCUT2D eigenvalue weighted by atomic mass is 10.1. The molecule has 2 aromatic rings. The molecule has 0 fully saturated rings. The van der Waals surface area contributed by atoms with E-state index in [1.807, 2.05) is 12.1 Å². The van der Waals surface area contributed by atoms with Gasteiger partial charge in [-0.05, 0) is 24.0 Å². The molecule has 1 aliphatic rings. The quantitative estimate of drug-likeness (QED) is 0.696. The van der Waals surface area contributed by atoms with Gasteiger partial charge in [0, 0.05) is 12.1 Å². The number of nitrogens with zero attached hydrogens (tertiary/aromatic N) is 2. The van der Waals surface area contributed by atoms with E-state index < -0.39 is 4.92 Å². The zero-order valence-corrected chi connectivity index (χ0v) is 11.3. The van der Waals surface area contributed by atoms with Crippen LogP contribution in [0.25, 0.3) is 0 Å². The maximum atomic E-state index is 10.6. The van der Waals surface area contributed by atoms with Gasteiger partial charge in [0.25, 0.3) is 5.69 Å². The number of benzene rings is 1. The standard InChI is InChI=1S/C14H12ClN3O2/c15-13-7-12(18(19)20)8-16-14(13)17-11-5-9-3-1-2-4-10(9)6-11/h1-4,7-8,11H,5-6H2,(H,16,17). The van der Waals surface area contributed by atoms with Gasteiger partial charge >= 0.3 is 0 Å². The van der Waals surface area contributed by atoms with Crippen LogP contribution < -0.4 is 5.32 Å². The number of anilines is 1. The van der Waals surface area contributed by atoms with E-state index >= 15 is 0 Å². The average molecular weight is 290 g/mol. The molecule has 3 rings (SSSR count). The molecule has 0 saturated heterocycles. The van der Waals surface area contributed by atoms with Crippen molar-refractivity contribution in [2.24, 2.45) is 0 Å². The Kier molecular flexibility index (Phi) is 3.28. The largest absolute Gasteiger partial charge is 0.365 e. The van der Waals surface area contributed by atoms with Crippen LogP contribution in [0.4, 0.5) is 11.5 Å². The van der Waals surface area contributed by atoms with E-state index in [1.54, 1.807) is 0 Å². The van der Waals surface area contributed by atoms with E-state index in [9.17, 15) is 10.1 Å². The van der Waals surface area contributed by atoms with E-state index in [0.29, 0.717) is 5.82 Å². The lowest BCUT2D eigenvalue weighted by Gasteiger charge is -2.13. The highest BCUT2D eigenvalue weighted by Crippen LogP contribution is 2.28. The molecule has 6 heteroatoms. The summed E-state index contributed by atoms with van der Waals surface area (Å²) >= 11 is 6.03. The summed E-state index contributed by atoms with van der Waals surface area (Å²) in [6.07, 6.45) is 3.03. The summed E-state index contributed by atoms with van der Waals surface area (Å²) in [5.74, 6) is 0.495. The van der Waals surface area contributed by atoms with E-state index in [2.05, 4.69) is 22.4 Å². The van der Waals surface area contributed by atoms with Crippen molar-refractivity contribution in [2.75, 3.05) is 5.32 Å². The second kappa shape index (κ2) is 5.09. The number of rotatable bonds is 3. The number of fused-ring (bicyclic) bond motifs is 1. The predicted octanol–water partition coefficient (Wildman–Crippen LogP) is 3.22. The number of hydrogen-bond acceptors (Lipinski definition) is 4. The first kappa shape index (κ1) is 12.9. The fourth-order valence-corrected chi connectivity index (χ4v) is 2.70. The zero-order chi connectivity index (χ0) is 14.1. The minimum Gasteiger partial charge on any atom is -0.365 e. The molecule has 0 radical (unpaired) electrons. The SMILES string of the molecule is O=[N+]([O-])c1cnc(NC2Cc3ccccc3C2)c(Cl)c1. The first-order chi connectivity index (χ1) is 9.63. The molecule has 1 aliphatic carbocycles. The Balaban J connectivity index is 1.75. The Hall–Kier alpha value is -2.14. The van der Waals surface area contributed by atoms with E-state index in [1.165, 1.54) is 23.4 Å². The zero-order valence-electron chi connectivity index (χ0n) is 10.5. The molecular weight excluding hydrogens is 278 g/mol. The van der Waals surface area contributed by atoms with E-state index in [0.717, 1.165) is 12.8 Å². The van der Waals surface area contributed by atoms with Crippen molar-refractivity contribution in [3.05, 3.63) is 62.8 Å². The fourth-order valence-electron chi connectivity index (χ4n) is 2.49. The van der Waals surface area contributed by atoms with Crippen molar-refractivity contribution in [3.63, 3.8) is 0 Å². The number of nitrogens with one attached hydrogen (secondary N) is 1. The highest BCUT2D eigenvalue weighted by molar-refractivity contribution is 6.33. The van der Waals surface area contributed by atoms with Gasteiger partial charge in [0.2, 0.25) is 0 Å². The Bertz CT molecular complexity index is 650. The van der Waals surface area contributed by atoms with Crippen molar-refractivity contribution in [3.8, 4) is 0 Å². The van der Waals surface area contributed by atoms with E-state index in [-0.39, 0.29) is 16.8 Å². The summed E-state index contributed by atoms with van der Waals surface area (Å²) in [5.41, 5.74) is 2.54. The van der Waals surface area contributed by atoms with Crippen LogP contribution in [0.5, 0.6) is 0 Å². The van der Waals surface area contributed by atoms with E-state index in [4.69, 9.17) is 11.6 Å². The number of hydrogen-bond donors (Lipinski definition) is 1. The smallest absolute Gasteiger partial charge is 0.289 e. The third-order valence-electron chi connectivity index (χ3n) is 3.43. The Morgan fingerprint density at radius 1 is 1.30 bits per heavy atom. The van der Waals surface area contributed by atoms with Crippen LogP contribution in [0.2, 0.25) is 5.02 Å². The van der Waals surface area contributed by atoms with Gasteiger partial charge in [-0.1, -0.05) is 35.9 Å². The van der Waals surface area contributed by atoms with Gasteiger partial charge in [-0.3, -0.25) is 10.1 Å². The molecule has 0 unspecified atom stereocenters. The minimum absolute atomic E-state index is 0.102. The topological polar surface area (TPSA) is 68.1 Å². The van der Waals surface area contributed by atoms with Crippen molar-refractivity contribution in [2.45, 2.75) is 18.9 Å². The molecule has 0 saturated carbocycles. The van der Waals surface area contributed by atoms with Gasteiger partial charge < -0.3 is 5.32 Å². The summed E-state index contributed by atoms with van der Waals surface area (Å²) in [6.45, 7) is 0. The Morgan fingerprint density at radius 2 is 1.95 bits per heavy atom. The minimum atomic E-state index is -0.506. The van der Waals surface area contributed by atoms with Crippen LogP contribution in [-0.2, 0) is 12.8 Å². The summed E-state index contributed by atoms with van der Waals surface area (Å²) in [4.78, 5) is 14.2. The molecule has 0 atom stereocenters. The molecule has 102 valence electrons. The van der Waals surface area contributed by atoms with Crippen LogP contribution >= 0.6 is 11.6 Å². The Labute approximate surface area is 120 Å². The highest BCUT2D eigenvalue weighted by Gasteiger charge is 2.22. The highest BCUT2D eigenvalue weighted by atomic mass is 35.5. The molecule has 0 amide bonds. The maximum Gasteiger partial charge on any atom is 0.289 e. The van der Waals surface area contributed by atoms with Gasteiger partial charge in [0.1, 0.15) is 12.0 Å². The summed E-state index contributed by atoms with van der Waals surface area (Å²) in [5, 5.41) is 14.2. The molecule has 0 spiro atoms. The summed E-state index contributed by atoms with van der Waals surface area (Å²) in [6, 6.07) is 9.82. The van der Waals surface area contributed by atoms with Gasteiger partial charge in [-0.25, -0.2) is 4.98 Å². The third kappa shape index (κ3) is 2.44. The summed E-state index contributed by atoms with van der Waals surface area (Å²) < 4.78 is 0. The van der Waals surface area contributed by atoms with Gasteiger partial charge in [-0.15, -0.1) is 0 Å².